The third-order valence-corrected chi connectivity index (χ3v) is 5.87. The highest BCUT2D eigenvalue weighted by molar-refractivity contribution is 7.99. The van der Waals surface area contributed by atoms with Crippen LogP contribution in [0.1, 0.15) is 11.1 Å². The lowest BCUT2D eigenvalue weighted by atomic mass is 10.2. The van der Waals surface area contributed by atoms with E-state index in [-0.39, 0.29) is 11.7 Å². The molecule has 0 unspecified atom stereocenters. The number of carbonyl (C=O) groups excluding carboxylic acids is 1. The molecule has 3 aromatic carbocycles. The van der Waals surface area contributed by atoms with Crippen LogP contribution in [0.4, 0.5) is 0 Å². The molecule has 0 spiro atoms. The van der Waals surface area contributed by atoms with Gasteiger partial charge in [0.15, 0.2) is 5.16 Å². The number of rotatable bonds is 8. The molecule has 5 nitrogen and oxygen atoms in total. The predicted molar refractivity (Wildman–Crippen MR) is 133 cm³/mol. The Balaban J connectivity index is 1.39. The fraction of sp³-hybridized carbons (Fsp3) is 0.0800. The summed E-state index contributed by atoms with van der Waals surface area (Å²) in [6, 6.07) is 25.6. The zero-order valence-corrected chi connectivity index (χ0v) is 18.8. The van der Waals surface area contributed by atoms with Gasteiger partial charge in [-0.2, -0.15) is 5.10 Å². The number of fused-ring (bicyclic) bond motifs is 1. The number of carbonyl (C=O) groups is 1. The normalized spacial score (nSPS) is 11.5. The number of nitrogens with zero attached hydrogens (tertiary/aromatic N) is 3. The van der Waals surface area contributed by atoms with E-state index in [9.17, 15) is 4.79 Å². The van der Waals surface area contributed by atoms with Crippen molar-refractivity contribution in [3.63, 3.8) is 0 Å². The van der Waals surface area contributed by atoms with Gasteiger partial charge < -0.3 is 4.57 Å². The Kier molecular flexibility index (Phi) is 7.38. The summed E-state index contributed by atoms with van der Waals surface area (Å²) in [4.78, 5) is 17.0. The minimum atomic E-state index is -0.190. The second-order valence-corrected chi connectivity index (χ2v) is 8.35. The molecule has 0 bridgehead atoms. The number of hydrazone groups is 1. The molecule has 0 saturated heterocycles. The topological polar surface area (TPSA) is 59.3 Å². The standard InChI is InChI=1S/C25H21ClN4OS/c26-21-14-12-20(13-15-21)17-30-23-11-5-4-10-22(23)28-25(30)32-18-24(31)29-27-16-6-9-19-7-2-1-3-8-19/h1-16H,17-18H2,(H,29,31)/b9-6+,27-16+. The lowest BCUT2D eigenvalue weighted by Crippen LogP contribution is -2.19. The molecule has 1 N–H and O–H groups in total. The molecule has 1 amide bonds. The lowest BCUT2D eigenvalue weighted by Gasteiger charge is -2.09. The number of hydrogen-bond acceptors (Lipinski definition) is 4. The second-order valence-electron chi connectivity index (χ2n) is 6.97. The Hall–Kier alpha value is -3.35. The summed E-state index contributed by atoms with van der Waals surface area (Å²) in [7, 11) is 0. The minimum absolute atomic E-state index is 0.190. The van der Waals surface area contributed by atoms with E-state index in [4.69, 9.17) is 16.6 Å². The Morgan fingerprint density at radius 2 is 1.78 bits per heavy atom. The number of benzene rings is 3. The quantitative estimate of drug-likeness (QED) is 0.210. The number of nitrogens with one attached hydrogen (secondary N) is 1. The third kappa shape index (κ3) is 5.87. The largest absolute Gasteiger partial charge is 0.314 e. The van der Waals surface area contributed by atoms with Gasteiger partial charge in [0.2, 0.25) is 0 Å². The summed E-state index contributed by atoms with van der Waals surface area (Å²) < 4.78 is 2.11. The summed E-state index contributed by atoms with van der Waals surface area (Å²) in [6.45, 7) is 0.643. The number of thioether (sulfide) groups is 1. The van der Waals surface area contributed by atoms with Gasteiger partial charge in [-0.25, -0.2) is 10.4 Å². The fourth-order valence-electron chi connectivity index (χ4n) is 3.12. The highest BCUT2D eigenvalue weighted by Gasteiger charge is 2.13. The van der Waals surface area contributed by atoms with Crippen molar-refractivity contribution in [2.24, 2.45) is 5.10 Å². The molecule has 4 rings (SSSR count). The van der Waals surface area contributed by atoms with Gasteiger partial charge in [0.1, 0.15) is 0 Å². The molecule has 160 valence electrons. The van der Waals surface area contributed by atoms with E-state index in [2.05, 4.69) is 15.1 Å². The van der Waals surface area contributed by atoms with Crippen LogP contribution in [0, 0.1) is 0 Å². The molecule has 0 radical (unpaired) electrons. The zero-order valence-electron chi connectivity index (χ0n) is 17.2. The van der Waals surface area contributed by atoms with Crippen LogP contribution >= 0.6 is 23.4 Å². The van der Waals surface area contributed by atoms with Gasteiger partial charge in [-0.3, -0.25) is 4.79 Å². The third-order valence-electron chi connectivity index (χ3n) is 4.64. The first-order chi connectivity index (χ1) is 15.7. The van der Waals surface area contributed by atoms with Crippen molar-refractivity contribution < 1.29 is 4.79 Å². The molecule has 32 heavy (non-hydrogen) atoms. The highest BCUT2D eigenvalue weighted by Crippen LogP contribution is 2.25. The lowest BCUT2D eigenvalue weighted by molar-refractivity contribution is -0.118. The predicted octanol–water partition coefficient (Wildman–Crippen LogP) is 5.65. The van der Waals surface area contributed by atoms with Crippen molar-refractivity contribution in [3.8, 4) is 0 Å². The van der Waals surface area contributed by atoms with E-state index in [1.807, 2.05) is 84.9 Å². The smallest absolute Gasteiger partial charge is 0.250 e. The van der Waals surface area contributed by atoms with Gasteiger partial charge in [-0.05, 0) is 41.5 Å². The van der Waals surface area contributed by atoms with Gasteiger partial charge in [0.25, 0.3) is 5.91 Å². The van der Waals surface area contributed by atoms with Crippen LogP contribution < -0.4 is 5.43 Å². The molecule has 0 saturated carbocycles. The molecule has 0 aliphatic rings. The van der Waals surface area contributed by atoms with Crippen molar-refractivity contribution in [2.45, 2.75) is 11.7 Å². The first kappa shape index (κ1) is 21.9. The molecule has 4 aromatic rings. The summed E-state index contributed by atoms with van der Waals surface area (Å²) in [5, 5.41) is 5.46. The van der Waals surface area contributed by atoms with Crippen LogP contribution in [0.3, 0.4) is 0 Å². The van der Waals surface area contributed by atoms with Crippen LogP contribution in [0.25, 0.3) is 17.1 Å². The average Bonchev–Trinajstić information content (AvgIpc) is 3.17. The number of hydrogen-bond donors (Lipinski definition) is 1. The van der Waals surface area contributed by atoms with Gasteiger partial charge in [-0.1, -0.05) is 84.0 Å². The molecular weight excluding hydrogens is 440 g/mol. The Bertz CT molecular complexity index is 1250. The van der Waals surface area contributed by atoms with Crippen molar-refractivity contribution in [1.29, 1.82) is 0 Å². The average molecular weight is 461 g/mol. The maximum Gasteiger partial charge on any atom is 0.250 e. The van der Waals surface area contributed by atoms with E-state index in [1.165, 1.54) is 11.8 Å². The molecule has 0 aliphatic carbocycles. The first-order valence-electron chi connectivity index (χ1n) is 10.1. The van der Waals surface area contributed by atoms with Crippen LogP contribution in [0.15, 0.2) is 95.2 Å². The Labute approximate surface area is 195 Å². The summed E-state index contributed by atoms with van der Waals surface area (Å²) >= 11 is 7.40. The second kappa shape index (κ2) is 10.8. The van der Waals surface area contributed by atoms with E-state index in [0.717, 1.165) is 27.3 Å². The van der Waals surface area contributed by atoms with E-state index >= 15 is 0 Å². The van der Waals surface area contributed by atoms with E-state index in [1.54, 1.807) is 12.3 Å². The van der Waals surface area contributed by atoms with Crippen molar-refractivity contribution in [1.82, 2.24) is 15.0 Å². The van der Waals surface area contributed by atoms with Gasteiger partial charge in [0, 0.05) is 11.2 Å². The first-order valence-corrected chi connectivity index (χ1v) is 11.4. The van der Waals surface area contributed by atoms with Crippen LogP contribution in [-0.4, -0.2) is 27.4 Å². The van der Waals surface area contributed by atoms with Crippen LogP contribution in [0.5, 0.6) is 0 Å². The molecule has 1 aromatic heterocycles. The van der Waals surface area contributed by atoms with Gasteiger partial charge >= 0.3 is 0 Å². The number of aromatic nitrogens is 2. The number of para-hydroxylation sites is 2. The molecule has 7 heteroatoms. The fourth-order valence-corrected chi connectivity index (χ4v) is 4.05. The molecule has 1 heterocycles. The van der Waals surface area contributed by atoms with Gasteiger partial charge in [-0.15, -0.1) is 0 Å². The summed E-state index contributed by atoms with van der Waals surface area (Å²) in [5.41, 5.74) is 6.65. The highest BCUT2D eigenvalue weighted by atomic mass is 35.5. The Morgan fingerprint density at radius 1 is 1.03 bits per heavy atom. The van der Waals surface area contributed by atoms with Crippen molar-refractivity contribution in [2.75, 3.05) is 5.75 Å². The molecule has 0 atom stereocenters. The maximum atomic E-state index is 12.3. The summed E-state index contributed by atoms with van der Waals surface area (Å²) in [5.74, 6) is 0.0217. The van der Waals surface area contributed by atoms with E-state index in [0.29, 0.717) is 11.6 Å². The van der Waals surface area contributed by atoms with Crippen molar-refractivity contribution >= 4 is 52.6 Å². The summed E-state index contributed by atoms with van der Waals surface area (Å²) in [6.07, 6.45) is 5.27. The Morgan fingerprint density at radius 3 is 2.59 bits per heavy atom. The maximum absolute atomic E-state index is 12.3. The molecular formula is C25H21ClN4OS. The van der Waals surface area contributed by atoms with Gasteiger partial charge in [0.05, 0.1) is 23.3 Å². The zero-order chi connectivity index (χ0) is 22.2. The monoisotopic (exact) mass is 460 g/mol. The van der Waals surface area contributed by atoms with E-state index < -0.39 is 0 Å². The SMILES string of the molecule is O=C(CSc1nc2ccccc2n1Cc1ccc(Cl)cc1)N/N=C/C=C/c1ccccc1. The molecule has 0 aliphatic heterocycles. The number of imidazole rings is 1. The van der Waals surface area contributed by atoms with Crippen LogP contribution in [-0.2, 0) is 11.3 Å². The minimum Gasteiger partial charge on any atom is -0.314 e. The van der Waals surface area contributed by atoms with Crippen LogP contribution in [0.2, 0.25) is 5.02 Å². The molecule has 0 fully saturated rings. The number of allylic oxidation sites excluding steroid dienone is 1. The number of halogens is 1. The van der Waals surface area contributed by atoms with Crippen molar-refractivity contribution in [3.05, 3.63) is 101 Å². The number of amides is 1.